The van der Waals surface area contributed by atoms with Gasteiger partial charge in [-0.15, -0.1) is 0 Å². The van der Waals surface area contributed by atoms with Crippen LogP contribution in [0.4, 0.5) is 0 Å². The smallest absolute Gasteiger partial charge is 0.220 e. The Hall–Kier alpha value is -0.870. The minimum Gasteiger partial charge on any atom is -0.396 e. The summed E-state index contributed by atoms with van der Waals surface area (Å²) >= 11 is 3.41. The highest BCUT2D eigenvalue weighted by Gasteiger charge is 2.13. The van der Waals surface area contributed by atoms with Gasteiger partial charge in [-0.2, -0.15) is 0 Å². The van der Waals surface area contributed by atoms with Crippen LogP contribution < -0.4 is 5.32 Å². The highest BCUT2D eigenvalue weighted by Crippen LogP contribution is 2.21. The van der Waals surface area contributed by atoms with Crippen LogP contribution in [0.1, 0.15) is 44.6 Å². The van der Waals surface area contributed by atoms with Crippen LogP contribution >= 0.6 is 15.9 Å². The van der Waals surface area contributed by atoms with Gasteiger partial charge in [0.1, 0.15) is 0 Å². The molecule has 0 heterocycles. The topological polar surface area (TPSA) is 49.3 Å². The van der Waals surface area contributed by atoms with Crippen molar-refractivity contribution in [2.75, 3.05) is 13.2 Å². The molecule has 0 aliphatic heterocycles. The second-order valence-electron chi connectivity index (χ2n) is 5.25. The SMILES string of the molecule is CCC(CCO)CNC(=O)CC(C)c1ccc(Br)cc1. The van der Waals surface area contributed by atoms with Gasteiger partial charge in [0.15, 0.2) is 0 Å². The lowest BCUT2D eigenvalue weighted by Crippen LogP contribution is -2.30. The number of halogens is 1. The fourth-order valence-corrected chi connectivity index (χ4v) is 2.42. The third-order valence-electron chi connectivity index (χ3n) is 3.63. The number of hydrogen-bond acceptors (Lipinski definition) is 2. The summed E-state index contributed by atoms with van der Waals surface area (Å²) < 4.78 is 1.05. The zero-order chi connectivity index (χ0) is 15.0. The van der Waals surface area contributed by atoms with Gasteiger partial charge in [0.2, 0.25) is 5.91 Å². The highest BCUT2D eigenvalue weighted by molar-refractivity contribution is 9.10. The Balaban J connectivity index is 2.39. The van der Waals surface area contributed by atoms with E-state index < -0.39 is 0 Å². The first-order valence-electron chi connectivity index (χ1n) is 7.19. The summed E-state index contributed by atoms with van der Waals surface area (Å²) in [4.78, 5) is 11.9. The first-order valence-corrected chi connectivity index (χ1v) is 7.99. The van der Waals surface area contributed by atoms with E-state index in [1.807, 2.05) is 24.3 Å². The fourth-order valence-electron chi connectivity index (χ4n) is 2.15. The van der Waals surface area contributed by atoms with E-state index in [-0.39, 0.29) is 18.4 Å². The van der Waals surface area contributed by atoms with Gasteiger partial charge in [0.25, 0.3) is 0 Å². The van der Waals surface area contributed by atoms with E-state index in [1.54, 1.807) is 0 Å². The van der Waals surface area contributed by atoms with Crippen molar-refractivity contribution in [2.24, 2.45) is 5.92 Å². The number of amides is 1. The van der Waals surface area contributed by atoms with Gasteiger partial charge < -0.3 is 10.4 Å². The number of carbonyl (C=O) groups is 1. The largest absolute Gasteiger partial charge is 0.396 e. The monoisotopic (exact) mass is 341 g/mol. The molecule has 4 heteroatoms. The van der Waals surface area contributed by atoms with Gasteiger partial charge in [0.05, 0.1) is 0 Å². The minimum absolute atomic E-state index is 0.0804. The first kappa shape index (κ1) is 17.2. The summed E-state index contributed by atoms with van der Waals surface area (Å²) in [6.07, 6.45) is 2.22. The van der Waals surface area contributed by atoms with Crippen molar-refractivity contribution in [1.82, 2.24) is 5.32 Å². The Morgan fingerprint density at radius 1 is 1.35 bits per heavy atom. The van der Waals surface area contributed by atoms with Gasteiger partial charge in [-0.1, -0.05) is 48.3 Å². The predicted octanol–water partition coefficient (Wildman–Crippen LogP) is 3.47. The van der Waals surface area contributed by atoms with Crippen molar-refractivity contribution in [3.63, 3.8) is 0 Å². The lowest BCUT2D eigenvalue weighted by Gasteiger charge is -2.16. The number of carbonyl (C=O) groups excluding carboxylic acids is 1. The maximum Gasteiger partial charge on any atom is 0.220 e. The zero-order valence-electron chi connectivity index (χ0n) is 12.2. The van der Waals surface area contributed by atoms with Gasteiger partial charge in [-0.05, 0) is 36.0 Å². The van der Waals surface area contributed by atoms with Crippen LogP contribution in [0.3, 0.4) is 0 Å². The number of hydrogen-bond donors (Lipinski definition) is 2. The Morgan fingerprint density at radius 2 is 2.00 bits per heavy atom. The Bertz CT molecular complexity index is 405. The van der Waals surface area contributed by atoms with Gasteiger partial charge in [-0.3, -0.25) is 4.79 Å². The average Bonchev–Trinajstić information content (AvgIpc) is 2.44. The quantitative estimate of drug-likeness (QED) is 0.760. The number of benzene rings is 1. The lowest BCUT2D eigenvalue weighted by molar-refractivity contribution is -0.121. The number of nitrogens with one attached hydrogen (secondary N) is 1. The maximum absolute atomic E-state index is 11.9. The summed E-state index contributed by atoms with van der Waals surface area (Å²) in [6, 6.07) is 8.08. The average molecular weight is 342 g/mol. The van der Waals surface area contributed by atoms with Crippen LogP contribution in [0.5, 0.6) is 0 Å². The highest BCUT2D eigenvalue weighted by atomic mass is 79.9. The molecule has 1 aromatic carbocycles. The molecule has 0 saturated heterocycles. The van der Waals surface area contributed by atoms with E-state index >= 15 is 0 Å². The summed E-state index contributed by atoms with van der Waals surface area (Å²) in [5.41, 5.74) is 1.17. The number of aliphatic hydroxyl groups excluding tert-OH is 1. The third kappa shape index (κ3) is 6.06. The molecule has 1 rings (SSSR count). The number of aliphatic hydroxyl groups is 1. The van der Waals surface area contributed by atoms with E-state index in [2.05, 4.69) is 35.1 Å². The lowest BCUT2D eigenvalue weighted by atomic mass is 9.97. The normalized spacial score (nSPS) is 13.8. The molecule has 1 aromatic rings. The Kier molecular flexibility index (Phi) is 7.85. The molecule has 2 N–H and O–H groups in total. The van der Waals surface area contributed by atoms with E-state index in [0.29, 0.717) is 18.9 Å². The molecule has 1 amide bonds. The summed E-state index contributed by atoms with van der Waals surface area (Å²) in [6.45, 7) is 4.98. The molecule has 2 atom stereocenters. The van der Waals surface area contributed by atoms with E-state index in [4.69, 9.17) is 5.11 Å². The van der Waals surface area contributed by atoms with Crippen molar-refractivity contribution in [1.29, 1.82) is 0 Å². The van der Waals surface area contributed by atoms with Crippen LogP contribution in [-0.4, -0.2) is 24.2 Å². The first-order chi connectivity index (χ1) is 9.56. The molecule has 0 saturated carbocycles. The second kappa shape index (κ2) is 9.14. The molecule has 0 aromatic heterocycles. The zero-order valence-corrected chi connectivity index (χ0v) is 13.8. The maximum atomic E-state index is 11.9. The molecule has 0 radical (unpaired) electrons. The second-order valence-corrected chi connectivity index (χ2v) is 6.16. The van der Waals surface area contributed by atoms with Crippen molar-refractivity contribution in [2.45, 2.75) is 39.0 Å². The molecule has 2 unspecified atom stereocenters. The standard InChI is InChI=1S/C16H24BrNO2/c1-3-13(8-9-19)11-18-16(20)10-12(2)14-4-6-15(17)7-5-14/h4-7,12-13,19H,3,8-11H2,1-2H3,(H,18,20). The van der Waals surface area contributed by atoms with Crippen LogP contribution in [0, 0.1) is 5.92 Å². The van der Waals surface area contributed by atoms with Gasteiger partial charge in [0, 0.05) is 24.0 Å². The van der Waals surface area contributed by atoms with E-state index in [0.717, 1.165) is 17.3 Å². The minimum atomic E-state index is 0.0804. The fraction of sp³-hybridized carbons (Fsp3) is 0.562. The molecule has 0 aliphatic rings. The van der Waals surface area contributed by atoms with Crippen molar-refractivity contribution >= 4 is 21.8 Å². The Morgan fingerprint density at radius 3 is 2.55 bits per heavy atom. The van der Waals surface area contributed by atoms with Crippen LogP contribution in [0.25, 0.3) is 0 Å². The molecule has 0 fully saturated rings. The van der Waals surface area contributed by atoms with E-state index in [1.165, 1.54) is 5.56 Å². The molecule has 112 valence electrons. The van der Waals surface area contributed by atoms with Gasteiger partial charge in [-0.25, -0.2) is 0 Å². The summed E-state index contributed by atoms with van der Waals surface area (Å²) in [7, 11) is 0. The summed E-state index contributed by atoms with van der Waals surface area (Å²) in [5, 5.41) is 11.9. The van der Waals surface area contributed by atoms with Crippen molar-refractivity contribution in [3.05, 3.63) is 34.3 Å². The number of rotatable bonds is 8. The molecule has 0 aliphatic carbocycles. The van der Waals surface area contributed by atoms with Crippen molar-refractivity contribution < 1.29 is 9.90 Å². The molecule has 0 bridgehead atoms. The van der Waals surface area contributed by atoms with Crippen LogP contribution in [0.15, 0.2) is 28.7 Å². The van der Waals surface area contributed by atoms with Crippen molar-refractivity contribution in [3.8, 4) is 0 Å². The molecular formula is C16H24BrNO2. The molecule has 20 heavy (non-hydrogen) atoms. The third-order valence-corrected chi connectivity index (χ3v) is 4.16. The molecular weight excluding hydrogens is 318 g/mol. The van der Waals surface area contributed by atoms with Crippen LogP contribution in [0.2, 0.25) is 0 Å². The molecule has 0 spiro atoms. The van der Waals surface area contributed by atoms with Gasteiger partial charge >= 0.3 is 0 Å². The van der Waals surface area contributed by atoms with E-state index in [9.17, 15) is 4.79 Å². The summed E-state index contributed by atoms with van der Waals surface area (Å²) in [5.74, 6) is 0.657. The Labute approximate surface area is 129 Å². The van der Waals surface area contributed by atoms with Crippen LogP contribution in [-0.2, 0) is 4.79 Å². The molecule has 3 nitrogen and oxygen atoms in total. The predicted molar refractivity (Wildman–Crippen MR) is 85.7 cm³/mol.